The van der Waals surface area contributed by atoms with Crippen LogP contribution < -0.4 is 9.64 Å². The Morgan fingerprint density at radius 1 is 1.27 bits per heavy atom. The third-order valence-corrected chi connectivity index (χ3v) is 2.33. The van der Waals surface area contributed by atoms with E-state index in [0.717, 1.165) is 17.0 Å². The van der Waals surface area contributed by atoms with Crippen LogP contribution in [0.15, 0.2) is 24.3 Å². The summed E-state index contributed by atoms with van der Waals surface area (Å²) >= 11 is 0. The van der Waals surface area contributed by atoms with Gasteiger partial charge in [-0.25, -0.2) is 0 Å². The van der Waals surface area contributed by atoms with E-state index in [0.29, 0.717) is 0 Å². The lowest BCUT2D eigenvalue weighted by Gasteiger charge is -2.14. The van der Waals surface area contributed by atoms with Gasteiger partial charge < -0.3 is 9.64 Å². The molecule has 1 aromatic rings. The minimum Gasteiger partial charge on any atom is -0.485 e. The topological polar surface area (TPSA) is 29.5 Å². The number of hydrogen-bond acceptors (Lipinski definition) is 3. The van der Waals surface area contributed by atoms with Gasteiger partial charge in [-0.2, -0.15) is 0 Å². The first-order valence-corrected chi connectivity index (χ1v) is 4.82. The molecular formula is C12H13NO2. The lowest BCUT2D eigenvalue weighted by molar-refractivity contribution is -0.116. The summed E-state index contributed by atoms with van der Waals surface area (Å²) in [5, 5.41) is 0. The molecule has 0 aromatic heterocycles. The number of ketones is 1. The fourth-order valence-corrected chi connectivity index (χ4v) is 1.44. The number of rotatable bonds is 1. The number of carbonyl (C=O) groups excluding carboxylic acids is 1. The van der Waals surface area contributed by atoms with Crippen LogP contribution in [0, 0.1) is 0 Å². The fourth-order valence-electron chi connectivity index (χ4n) is 1.44. The molecule has 3 heteroatoms. The third kappa shape index (κ3) is 2.01. The van der Waals surface area contributed by atoms with Gasteiger partial charge in [-0.15, -0.1) is 0 Å². The molecule has 0 amide bonds. The van der Waals surface area contributed by atoms with Gasteiger partial charge in [-0.05, 0) is 24.3 Å². The number of anilines is 1. The van der Waals surface area contributed by atoms with Gasteiger partial charge in [-0.1, -0.05) is 0 Å². The number of nitrogens with zero attached hydrogens (tertiary/aromatic N) is 1. The van der Waals surface area contributed by atoms with Crippen LogP contribution in [-0.2, 0) is 4.79 Å². The largest absolute Gasteiger partial charge is 0.485 e. The molecular weight excluding hydrogens is 190 g/mol. The van der Waals surface area contributed by atoms with Crippen LogP contribution in [-0.4, -0.2) is 26.5 Å². The van der Waals surface area contributed by atoms with Crippen molar-refractivity contribution >= 4 is 17.5 Å². The molecule has 1 aromatic carbocycles. The smallest absolute Gasteiger partial charge is 0.193 e. The van der Waals surface area contributed by atoms with E-state index in [4.69, 9.17) is 4.74 Å². The second kappa shape index (κ2) is 3.77. The predicted molar refractivity (Wildman–Crippen MR) is 60.3 cm³/mol. The summed E-state index contributed by atoms with van der Waals surface area (Å²) in [7, 11) is 3.94. The molecule has 1 heterocycles. The zero-order valence-electron chi connectivity index (χ0n) is 8.86. The quantitative estimate of drug-likeness (QED) is 0.696. The Kier molecular flexibility index (Phi) is 2.46. The predicted octanol–water partition coefficient (Wildman–Crippen LogP) is 1.73. The van der Waals surface area contributed by atoms with Crippen LogP contribution >= 0.6 is 0 Å². The Balaban J connectivity index is 2.40. The number of hydrogen-bond donors (Lipinski definition) is 0. The minimum absolute atomic E-state index is 0.00222. The van der Waals surface area contributed by atoms with Crippen molar-refractivity contribution in [2.24, 2.45) is 0 Å². The first kappa shape index (κ1) is 9.77. The van der Waals surface area contributed by atoms with Gasteiger partial charge in [0, 0.05) is 31.4 Å². The second-order valence-corrected chi connectivity index (χ2v) is 3.70. The fraction of sp³-hybridized carbons (Fsp3) is 0.250. The highest BCUT2D eigenvalue weighted by atomic mass is 16.5. The Labute approximate surface area is 89.0 Å². The molecule has 0 fully saturated rings. The molecule has 0 bridgehead atoms. The zero-order chi connectivity index (χ0) is 10.8. The van der Waals surface area contributed by atoms with Crippen molar-refractivity contribution in [1.82, 2.24) is 0 Å². The molecule has 0 unspecified atom stereocenters. The highest BCUT2D eigenvalue weighted by Gasteiger charge is 2.09. The van der Waals surface area contributed by atoms with E-state index < -0.39 is 0 Å². The number of benzene rings is 1. The van der Waals surface area contributed by atoms with Crippen molar-refractivity contribution < 1.29 is 9.53 Å². The highest BCUT2D eigenvalue weighted by molar-refractivity contribution is 5.96. The van der Waals surface area contributed by atoms with Crippen LogP contribution in [0.1, 0.15) is 5.56 Å². The summed E-state index contributed by atoms with van der Waals surface area (Å²) < 4.78 is 5.41. The van der Waals surface area contributed by atoms with Crippen LogP contribution in [0.3, 0.4) is 0 Å². The van der Waals surface area contributed by atoms with Gasteiger partial charge in [0.1, 0.15) is 5.75 Å². The first-order valence-electron chi connectivity index (χ1n) is 4.82. The average molecular weight is 203 g/mol. The van der Waals surface area contributed by atoms with Crippen molar-refractivity contribution in [3.8, 4) is 5.75 Å². The molecule has 0 spiro atoms. The molecule has 2 rings (SSSR count). The standard InChI is InChI=1S/C12H13NO2/c1-13(2)10-5-3-9-4-6-11(14)8-15-12(9)7-10/h3-7H,8H2,1-2H3. The van der Waals surface area contributed by atoms with E-state index in [1.165, 1.54) is 0 Å². The summed E-state index contributed by atoms with van der Waals surface area (Å²) in [6.45, 7) is 0.125. The van der Waals surface area contributed by atoms with Crippen molar-refractivity contribution in [3.63, 3.8) is 0 Å². The molecule has 78 valence electrons. The first-order chi connectivity index (χ1) is 7.16. The van der Waals surface area contributed by atoms with Gasteiger partial charge in [0.2, 0.25) is 0 Å². The molecule has 0 atom stereocenters. The van der Waals surface area contributed by atoms with Crippen molar-refractivity contribution in [2.45, 2.75) is 0 Å². The van der Waals surface area contributed by atoms with Crippen LogP contribution in [0.25, 0.3) is 6.08 Å². The maximum Gasteiger partial charge on any atom is 0.193 e. The number of fused-ring (bicyclic) bond motifs is 1. The van der Waals surface area contributed by atoms with E-state index in [1.54, 1.807) is 12.2 Å². The minimum atomic E-state index is -0.00222. The van der Waals surface area contributed by atoms with Gasteiger partial charge in [0.25, 0.3) is 0 Å². The molecule has 0 saturated heterocycles. The molecule has 0 aliphatic carbocycles. The zero-order valence-corrected chi connectivity index (χ0v) is 8.86. The highest BCUT2D eigenvalue weighted by Crippen LogP contribution is 2.27. The summed E-state index contributed by atoms with van der Waals surface area (Å²) in [6.07, 6.45) is 3.35. The molecule has 3 nitrogen and oxygen atoms in total. The van der Waals surface area contributed by atoms with Gasteiger partial charge in [0.15, 0.2) is 12.4 Å². The normalized spacial score (nSPS) is 14.1. The van der Waals surface area contributed by atoms with Crippen LogP contribution in [0.4, 0.5) is 5.69 Å². The Hall–Kier alpha value is -1.77. The van der Waals surface area contributed by atoms with E-state index in [2.05, 4.69) is 0 Å². The molecule has 1 aliphatic rings. The van der Waals surface area contributed by atoms with Gasteiger partial charge in [0.05, 0.1) is 0 Å². The maximum atomic E-state index is 11.1. The SMILES string of the molecule is CN(C)c1ccc2c(c1)OCC(=O)C=C2. The van der Waals surface area contributed by atoms with E-state index in [-0.39, 0.29) is 12.4 Å². The summed E-state index contributed by atoms with van der Waals surface area (Å²) in [4.78, 5) is 13.1. The Bertz CT molecular complexity index is 422. The third-order valence-electron chi connectivity index (χ3n) is 2.33. The van der Waals surface area contributed by atoms with E-state index >= 15 is 0 Å². The molecule has 0 radical (unpaired) electrons. The summed E-state index contributed by atoms with van der Waals surface area (Å²) in [6, 6.07) is 5.90. The Morgan fingerprint density at radius 2 is 2.07 bits per heavy atom. The summed E-state index contributed by atoms with van der Waals surface area (Å²) in [5.74, 6) is 0.765. The molecule has 1 aliphatic heterocycles. The summed E-state index contributed by atoms with van der Waals surface area (Å²) in [5.41, 5.74) is 2.02. The average Bonchev–Trinajstić information content (AvgIpc) is 2.40. The van der Waals surface area contributed by atoms with E-state index in [9.17, 15) is 4.79 Å². The van der Waals surface area contributed by atoms with Gasteiger partial charge >= 0.3 is 0 Å². The van der Waals surface area contributed by atoms with Crippen molar-refractivity contribution in [1.29, 1.82) is 0 Å². The Morgan fingerprint density at radius 3 is 2.80 bits per heavy atom. The van der Waals surface area contributed by atoms with Crippen LogP contribution in [0.2, 0.25) is 0 Å². The lowest BCUT2D eigenvalue weighted by atomic mass is 10.1. The molecule has 0 saturated carbocycles. The van der Waals surface area contributed by atoms with Crippen molar-refractivity contribution in [3.05, 3.63) is 29.8 Å². The monoisotopic (exact) mass is 203 g/mol. The lowest BCUT2D eigenvalue weighted by Crippen LogP contribution is -2.10. The molecule has 15 heavy (non-hydrogen) atoms. The second-order valence-electron chi connectivity index (χ2n) is 3.70. The number of carbonyl (C=O) groups is 1. The van der Waals surface area contributed by atoms with Gasteiger partial charge in [-0.3, -0.25) is 4.79 Å². The molecule has 0 N–H and O–H groups in total. The maximum absolute atomic E-state index is 11.1. The number of ether oxygens (including phenoxy) is 1. The van der Waals surface area contributed by atoms with Crippen molar-refractivity contribution in [2.75, 3.05) is 25.6 Å². The van der Waals surface area contributed by atoms with E-state index in [1.807, 2.05) is 37.2 Å². The van der Waals surface area contributed by atoms with Crippen LogP contribution in [0.5, 0.6) is 5.75 Å².